The van der Waals surface area contributed by atoms with Crippen molar-refractivity contribution in [3.05, 3.63) is 54.2 Å². The lowest BCUT2D eigenvalue weighted by Crippen LogP contribution is -1.91. The van der Waals surface area contributed by atoms with Gasteiger partial charge in [-0.2, -0.15) is 0 Å². The molecule has 0 nitrogen and oxygen atoms in total. The van der Waals surface area contributed by atoms with Crippen LogP contribution in [0, 0.1) is 3.57 Å². The largest absolute Gasteiger partial charge is 0.146 e. The van der Waals surface area contributed by atoms with Crippen molar-refractivity contribution in [3.8, 4) is 0 Å². The van der Waals surface area contributed by atoms with Crippen LogP contribution in [0.3, 0.4) is 0 Å². The van der Waals surface area contributed by atoms with E-state index in [4.69, 9.17) is 11.6 Å². The van der Waals surface area contributed by atoms with Gasteiger partial charge in [0.15, 0.2) is 0 Å². The molecular weight excluding hydrogens is 406 g/mol. The van der Waals surface area contributed by atoms with E-state index in [2.05, 4.69) is 56.7 Å². The standard InChI is InChI=1S/C11H7BrClIS/c12-9-4-5-15-11(9)10(13)7-2-1-3-8(14)6-7/h1-6,10H. The molecule has 1 unspecified atom stereocenters. The molecule has 0 aliphatic carbocycles. The number of alkyl halides is 1. The zero-order valence-electron chi connectivity index (χ0n) is 7.58. The highest BCUT2D eigenvalue weighted by molar-refractivity contribution is 14.1. The van der Waals surface area contributed by atoms with Crippen molar-refractivity contribution >= 4 is 61.5 Å². The van der Waals surface area contributed by atoms with Crippen LogP contribution < -0.4 is 0 Å². The summed E-state index contributed by atoms with van der Waals surface area (Å²) < 4.78 is 2.30. The molecule has 0 N–H and O–H groups in total. The van der Waals surface area contributed by atoms with Crippen molar-refractivity contribution < 1.29 is 0 Å². The van der Waals surface area contributed by atoms with Gasteiger partial charge in [-0.25, -0.2) is 0 Å². The fourth-order valence-corrected chi connectivity index (χ4v) is 4.01. The van der Waals surface area contributed by atoms with Crippen molar-refractivity contribution in [2.45, 2.75) is 5.38 Å². The van der Waals surface area contributed by atoms with E-state index in [1.54, 1.807) is 11.3 Å². The number of thiophene rings is 1. The van der Waals surface area contributed by atoms with Gasteiger partial charge < -0.3 is 0 Å². The molecule has 0 aliphatic rings. The minimum absolute atomic E-state index is 0.0610. The summed E-state index contributed by atoms with van der Waals surface area (Å²) in [6.07, 6.45) is 0. The molecule has 2 rings (SSSR count). The Morgan fingerprint density at radius 2 is 2.13 bits per heavy atom. The first kappa shape index (κ1) is 11.9. The van der Waals surface area contributed by atoms with Crippen LogP contribution in [0.25, 0.3) is 0 Å². The Morgan fingerprint density at radius 3 is 2.73 bits per heavy atom. The maximum absolute atomic E-state index is 6.43. The molecule has 15 heavy (non-hydrogen) atoms. The third-order valence-corrected chi connectivity index (χ3v) is 5.22. The van der Waals surface area contributed by atoms with Crippen LogP contribution in [0.15, 0.2) is 40.2 Å². The summed E-state index contributed by atoms with van der Waals surface area (Å²) in [5.41, 5.74) is 1.15. The zero-order valence-corrected chi connectivity index (χ0v) is 12.9. The van der Waals surface area contributed by atoms with E-state index in [0.717, 1.165) is 10.0 Å². The molecule has 1 heterocycles. The van der Waals surface area contributed by atoms with Crippen molar-refractivity contribution in [1.82, 2.24) is 0 Å². The molecule has 4 heteroatoms. The van der Waals surface area contributed by atoms with Gasteiger partial charge in [0.2, 0.25) is 0 Å². The highest BCUT2D eigenvalue weighted by atomic mass is 127. The van der Waals surface area contributed by atoms with Crippen molar-refractivity contribution in [2.24, 2.45) is 0 Å². The zero-order chi connectivity index (χ0) is 10.8. The highest BCUT2D eigenvalue weighted by Crippen LogP contribution is 2.37. The monoisotopic (exact) mass is 412 g/mol. The van der Waals surface area contributed by atoms with Crippen LogP contribution in [0.4, 0.5) is 0 Å². The second-order valence-corrected chi connectivity index (χ2v) is 6.53. The van der Waals surface area contributed by atoms with Gasteiger partial charge in [0, 0.05) is 12.9 Å². The first-order valence-corrected chi connectivity index (χ1v) is 7.49. The van der Waals surface area contributed by atoms with Crippen molar-refractivity contribution in [2.75, 3.05) is 0 Å². The minimum atomic E-state index is -0.0610. The van der Waals surface area contributed by atoms with Gasteiger partial charge in [-0.05, 0) is 67.7 Å². The Hall–Kier alpha value is 0.420. The molecule has 0 aliphatic heterocycles. The molecule has 0 amide bonds. The fourth-order valence-electron chi connectivity index (χ4n) is 1.30. The van der Waals surface area contributed by atoms with Gasteiger partial charge in [0.1, 0.15) is 0 Å². The number of hydrogen-bond acceptors (Lipinski definition) is 1. The Bertz CT molecular complexity index is 469. The van der Waals surface area contributed by atoms with Crippen LogP contribution in [-0.4, -0.2) is 0 Å². The number of halogens is 3. The van der Waals surface area contributed by atoms with E-state index < -0.39 is 0 Å². The summed E-state index contributed by atoms with van der Waals surface area (Å²) in [5.74, 6) is 0. The quantitative estimate of drug-likeness (QED) is 0.454. The van der Waals surface area contributed by atoms with E-state index in [-0.39, 0.29) is 5.38 Å². The Morgan fingerprint density at radius 1 is 1.33 bits per heavy atom. The average Bonchev–Trinajstić information content (AvgIpc) is 2.63. The van der Waals surface area contributed by atoms with Gasteiger partial charge in [-0.3, -0.25) is 0 Å². The second-order valence-electron chi connectivity index (χ2n) is 3.05. The molecule has 2 aromatic rings. The van der Waals surface area contributed by atoms with Crippen molar-refractivity contribution in [3.63, 3.8) is 0 Å². The predicted octanol–water partition coefficient (Wildman–Crippen LogP) is 5.44. The van der Waals surface area contributed by atoms with E-state index in [1.807, 2.05) is 17.5 Å². The summed E-state index contributed by atoms with van der Waals surface area (Å²) in [4.78, 5) is 1.17. The average molecular weight is 414 g/mol. The van der Waals surface area contributed by atoms with E-state index >= 15 is 0 Å². The molecule has 0 spiro atoms. The first-order chi connectivity index (χ1) is 7.18. The van der Waals surface area contributed by atoms with Gasteiger partial charge >= 0.3 is 0 Å². The summed E-state index contributed by atoms with van der Waals surface area (Å²) in [6, 6.07) is 10.3. The second kappa shape index (κ2) is 5.17. The summed E-state index contributed by atoms with van der Waals surface area (Å²) in [6.45, 7) is 0. The minimum Gasteiger partial charge on any atom is -0.146 e. The molecular formula is C11H7BrClIS. The molecule has 78 valence electrons. The normalized spacial score (nSPS) is 12.7. The topological polar surface area (TPSA) is 0 Å². The molecule has 0 fully saturated rings. The van der Waals surface area contributed by atoms with Gasteiger partial charge in [0.25, 0.3) is 0 Å². The summed E-state index contributed by atoms with van der Waals surface area (Å²) >= 11 is 13.9. The highest BCUT2D eigenvalue weighted by Gasteiger charge is 2.15. The van der Waals surface area contributed by atoms with Crippen LogP contribution in [0.2, 0.25) is 0 Å². The summed E-state index contributed by atoms with van der Waals surface area (Å²) in [5, 5.41) is 1.98. The number of hydrogen-bond donors (Lipinski definition) is 0. The van der Waals surface area contributed by atoms with Crippen LogP contribution in [0.5, 0.6) is 0 Å². The fraction of sp³-hybridized carbons (Fsp3) is 0.0909. The maximum Gasteiger partial charge on any atom is 0.0939 e. The molecule has 0 saturated heterocycles. The Balaban J connectivity index is 2.36. The lowest BCUT2D eigenvalue weighted by Gasteiger charge is -2.08. The van der Waals surface area contributed by atoms with Crippen molar-refractivity contribution in [1.29, 1.82) is 0 Å². The smallest absolute Gasteiger partial charge is 0.0939 e. The molecule has 1 aromatic carbocycles. The van der Waals surface area contributed by atoms with E-state index in [0.29, 0.717) is 0 Å². The van der Waals surface area contributed by atoms with Gasteiger partial charge in [0.05, 0.1) is 5.38 Å². The van der Waals surface area contributed by atoms with Crippen LogP contribution in [0.1, 0.15) is 15.8 Å². The van der Waals surface area contributed by atoms with E-state index in [9.17, 15) is 0 Å². The summed E-state index contributed by atoms with van der Waals surface area (Å²) in [7, 11) is 0. The molecule has 1 atom stereocenters. The third kappa shape index (κ3) is 2.75. The maximum atomic E-state index is 6.43. The SMILES string of the molecule is ClC(c1cccc(I)c1)c1sccc1Br. The molecule has 1 aromatic heterocycles. The molecule has 0 saturated carbocycles. The van der Waals surface area contributed by atoms with Gasteiger partial charge in [-0.15, -0.1) is 22.9 Å². The lowest BCUT2D eigenvalue weighted by atomic mass is 10.1. The van der Waals surface area contributed by atoms with Gasteiger partial charge in [-0.1, -0.05) is 12.1 Å². The Kier molecular flexibility index (Phi) is 4.10. The number of rotatable bonds is 2. The van der Waals surface area contributed by atoms with Crippen LogP contribution in [-0.2, 0) is 0 Å². The molecule has 0 bridgehead atoms. The molecule has 0 radical (unpaired) electrons. The number of benzene rings is 1. The lowest BCUT2D eigenvalue weighted by molar-refractivity contribution is 1.17. The van der Waals surface area contributed by atoms with E-state index in [1.165, 1.54) is 8.45 Å². The predicted molar refractivity (Wildman–Crippen MR) is 78.9 cm³/mol. The third-order valence-electron chi connectivity index (χ3n) is 2.02. The van der Waals surface area contributed by atoms with Crippen LogP contribution >= 0.6 is 61.5 Å². The first-order valence-electron chi connectivity index (χ1n) is 4.31. The Labute approximate surface area is 120 Å².